The fourth-order valence-corrected chi connectivity index (χ4v) is 3.61. The van der Waals surface area contributed by atoms with Crippen molar-refractivity contribution in [1.29, 1.82) is 0 Å². The standard InChI is InChI=1S/C19H28ClNOSi/c1-14-11-12-19(21,13-17(14)20)15-7-9-16(10-8-15)22-23(5,6)18(2,3)4/h7-12H,13,21H2,1-6H3. The Hall–Kier alpha value is -1.03. The Morgan fingerprint density at radius 3 is 2.22 bits per heavy atom. The van der Waals surface area contributed by atoms with Crippen molar-refractivity contribution in [3.8, 4) is 5.75 Å². The normalized spacial score (nSPS) is 22.4. The molecule has 0 amide bonds. The van der Waals surface area contributed by atoms with Gasteiger partial charge in [-0.15, -0.1) is 0 Å². The van der Waals surface area contributed by atoms with Gasteiger partial charge in [0.2, 0.25) is 8.32 Å². The number of rotatable bonds is 3. The van der Waals surface area contributed by atoms with Crippen LogP contribution < -0.4 is 10.2 Å². The first kappa shape index (κ1) is 18.3. The van der Waals surface area contributed by atoms with Gasteiger partial charge in [-0.3, -0.25) is 0 Å². The van der Waals surface area contributed by atoms with Crippen LogP contribution in [0.4, 0.5) is 0 Å². The summed E-state index contributed by atoms with van der Waals surface area (Å²) in [6.07, 6.45) is 4.68. The van der Waals surface area contributed by atoms with Gasteiger partial charge in [0.05, 0.1) is 5.54 Å². The molecular weight excluding hydrogens is 322 g/mol. The monoisotopic (exact) mass is 349 g/mol. The fraction of sp³-hybridized carbons (Fsp3) is 0.474. The zero-order valence-electron chi connectivity index (χ0n) is 15.0. The van der Waals surface area contributed by atoms with Crippen LogP contribution in [0.15, 0.2) is 47.0 Å². The molecule has 0 heterocycles. The Labute approximate surface area is 146 Å². The summed E-state index contributed by atoms with van der Waals surface area (Å²) in [5.41, 5.74) is 8.15. The molecule has 0 saturated heterocycles. The van der Waals surface area contributed by atoms with E-state index in [0.717, 1.165) is 21.9 Å². The predicted molar refractivity (Wildman–Crippen MR) is 102 cm³/mol. The number of benzene rings is 1. The molecule has 0 aromatic heterocycles. The average Bonchev–Trinajstić information content (AvgIpc) is 2.42. The molecule has 0 radical (unpaired) electrons. The van der Waals surface area contributed by atoms with E-state index < -0.39 is 13.9 Å². The van der Waals surface area contributed by atoms with Crippen LogP contribution in [-0.2, 0) is 5.54 Å². The minimum Gasteiger partial charge on any atom is -0.544 e. The molecule has 1 aliphatic carbocycles. The fourth-order valence-electron chi connectivity index (χ4n) is 2.30. The molecular formula is C19H28ClNOSi. The summed E-state index contributed by atoms with van der Waals surface area (Å²) >= 11 is 6.30. The van der Waals surface area contributed by atoms with E-state index in [1.807, 2.05) is 31.2 Å². The van der Waals surface area contributed by atoms with E-state index in [0.29, 0.717) is 6.42 Å². The van der Waals surface area contributed by atoms with Crippen LogP contribution in [0.2, 0.25) is 18.1 Å². The maximum Gasteiger partial charge on any atom is 0.250 e. The van der Waals surface area contributed by atoms with Crippen molar-refractivity contribution in [3.63, 3.8) is 0 Å². The summed E-state index contributed by atoms with van der Waals surface area (Å²) < 4.78 is 6.32. The van der Waals surface area contributed by atoms with Crippen LogP contribution in [-0.4, -0.2) is 8.32 Å². The molecule has 2 rings (SSSR count). The van der Waals surface area contributed by atoms with Gasteiger partial charge in [-0.2, -0.15) is 0 Å². The minimum absolute atomic E-state index is 0.183. The van der Waals surface area contributed by atoms with Crippen molar-refractivity contribution in [2.24, 2.45) is 5.73 Å². The summed E-state index contributed by atoms with van der Waals surface area (Å²) in [5.74, 6) is 0.918. The zero-order chi connectivity index (χ0) is 17.5. The first-order valence-corrected chi connectivity index (χ1v) is 11.4. The van der Waals surface area contributed by atoms with E-state index in [2.05, 4.69) is 46.0 Å². The molecule has 0 spiro atoms. The Balaban J connectivity index is 2.20. The highest BCUT2D eigenvalue weighted by Gasteiger charge is 2.39. The quantitative estimate of drug-likeness (QED) is 0.710. The third-order valence-corrected chi connectivity index (χ3v) is 9.87. The number of hydrogen-bond donors (Lipinski definition) is 1. The maximum absolute atomic E-state index is 6.54. The van der Waals surface area contributed by atoms with Gasteiger partial charge in [-0.25, -0.2) is 0 Å². The lowest BCUT2D eigenvalue weighted by Gasteiger charge is -2.36. The van der Waals surface area contributed by atoms with Gasteiger partial charge in [0.1, 0.15) is 5.75 Å². The second kappa shape index (κ2) is 6.12. The Bertz CT molecular complexity index is 640. The minimum atomic E-state index is -1.82. The van der Waals surface area contributed by atoms with Crippen LogP contribution in [0, 0.1) is 0 Å². The van der Waals surface area contributed by atoms with Crippen molar-refractivity contribution in [1.82, 2.24) is 0 Å². The highest BCUT2D eigenvalue weighted by Crippen LogP contribution is 2.39. The third kappa shape index (κ3) is 3.90. The summed E-state index contributed by atoms with van der Waals surface area (Å²) in [7, 11) is -1.82. The van der Waals surface area contributed by atoms with Gasteiger partial charge >= 0.3 is 0 Å². The molecule has 23 heavy (non-hydrogen) atoms. The third-order valence-electron chi connectivity index (χ3n) is 5.08. The topological polar surface area (TPSA) is 35.2 Å². The molecule has 0 fully saturated rings. The Morgan fingerprint density at radius 1 is 1.17 bits per heavy atom. The maximum atomic E-state index is 6.54. The molecule has 1 unspecified atom stereocenters. The van der Waals surface area contributed by atoms with Crippen LogP contribution in [0.1, 0.15) is 39.7 Å². The van der Waals surface area contributed by atoms with Crippen LogP contribution >= 0.6 is 11.6 Å². The summed E-state index contributed by atoms with van der Waals surface area (Å²) in [6.45, 7) is 13.2. The summed E-state index contributed by atoms with van der Waals surface area (Å²) in [5, 5.41) is 1.01. The van der Waals surface area contributed by atoms with Crippen LogP contribution in [0.5, 0.6) is 5.75 Å². The van der Waals surface area contributed by atoms with Gasteiger partial charge in [0, 0.05) is 11.5 Å². The second-order valence-corrected chi connectivity index (χ2v) is 13.2. The number of nitrogens with two attached hydrogens (primary N) is 1. The van der Waals surface area contributed by atoms with Crippen molar-refractivity contribution in [3.05, 3.63) is 52.6 Å². The molecule has 2 N–H and O–H groups in total. The Morgan fingerprint density at radius 2 is 1.74 bits per heavy atom. The Kier molecular flexibility index (Phi) is 4.87. The number of halogens is 1. The van der Waals surface area contributed by atoms with Crippen molar-refractivity contribution in [2.45, 2.75) is 57.8 Å². The van der Waals surface area contributed by atoms with Crippen molar-refractivity contribution >= 4 is 19.9 Å². The SMILES string of the molecule is CC1=C(Cl)CC(N)(c2ccc(O[Si](C)(C)C(C)(C)C)cc2)C=C1. The van der Waals surface area contributed by atoms with Crippen LogP contribution in [0.3, 0.4) is 0 Å². The molecule has 0 saturated carbocycles. The van der Waals surface area contributed by atoms with E-state index in [4.69, 9.17) is 21.8 Å². The lowest BCUT2D eigenvalue weighted by Crippen LogP contribution is -2.43. The molecule has 4 heteroatoms. The van der Waals surface area contributed by atoms with Crippen LogP contribution in [0.25, 0.3) is 0 Å². The lowest BCUT2D eigenvalue weighted by molar-refractivity contribution is 0.490. The van der Waals surface area contributed by atoms with E-state index in [1.54, 1.807) is 0 Å². The number of hydrogen-bond acceptors (Lipinski definition) is 2. The molecule has 0 aliphatic heterocycles. The molecule has 126 valence electrons. The van der Waals surface area contributed by atoms with E-state index in [9.17, 15) is 0 Å². The van der Waals surface area contributed by atoms with Gasteiger partial charge < -0.3 is 10.2 Å². The van der Waals surface area contributed by atoms with E-state index in [-0.39, 0.29) is 5.04 Å². The predicted octanol–water partition coefficient (Wildman–Crippen LogP) is 5.70. The summed E-state index contributed by atoms with van der Waals surface area (Å²) in [6, 6.07) is 8.16. The zero-order valence-corrected chi connectivity index (χ0v) is 16.8. The molecule has 2 nitrogen and oxygen atoms in total. The van der Waals surface area contributed by atoms with Gasteiger partial charge in [0.15, 0.2) is 0 Å². The largest absolute Gasteiger partial charge is 0.544 e. The molecule has 1 aliphatic rings. The van der Waals surface area contributed by atoms with Gasteiger partial charge in [0.25, 0.3) is 0 Å². The van der Waals surface area contributed by atoms with Gasteiger partial charge in [-0.1, -0.05) is 56.7 Å². The first-order valence-electron chi connectivity index (χ1n) is 8.08. The highest BCUT2D eigenvalue weighted by atomic mass is 35.5. The molecule has 0 bridgehead atoms. The second-order valence-electron chi connectivity index (χ2n) is 8.03. The lowest BCUT2D eigenvalue weighted by atomic mass is 9.83. The van der Waals surface area contributed by atoms with E-state index in [1.165, 1.54) is 0 Å². The molecule has 1 atom stereocenters. The first-order chi connectivity index (χ1) is 10.4. The van der Waals surface area contributed by atoms with Crippen molar-refractivity contribution < 1.29 is 4.43 Å². The molecule has 1 aromatic rings. The number of allylic oxidation sites excluding steroid dienone is 2. The highest BCUT2D eigenvalue weighted by molar-refractivity contribution is 6.74. The average molecular weight is 350 g/mol. The molecule has 1 aromatic carbocycles. The van der Waals surface area contributed by atoms with Crippen molar-refractivity contribution in [2.75, 3.05) is 0 Å². The van der Waals surface area contributed by atoms with E-state index >= 15 is 0 Å². The smallest absolute Gasteiger partial charge is 0.250 e. The van der Waals surface area contributed by atoms with Gasteiger partial charge in [-0.05, 0) is 48.3 Å². The summed E-state index contributed by atoms with van der Waals surface area (Å²) in [4.78, 5) is 0.